The highest BCUT2D eigenvalue weighted by Gasteiger charge is 2.26. The van der Waals surface area contributed by atoms with Crippen molar-refractivity contribution >= 4 is 28.7 Å². The van der Waals surface area contributed by atoms with Crippen molar-refractivity contribution in [2.24, 2.45) is 5.92 Å². The molecule has 3 aromatic heterocycles. The number of aromatic nitrogens is 2. The van der Waals surface area contributed by atoms with Crippen LogP contribution in [-0.2, 0) is 24.4 Å². The molecule has 3 heterocycles. The molecular weight excluding hydrogens is 454 g/mol. The molecule has 0 saturated heterocycles. The first kappa shape index (κ1) is 25.5. The van der Waals surface area contributed by atoms with Gasteiger partial charge in [0, 0.05) is 24.5 Å². The number of carbonyl (C=O) groups is 1. The van der Waals surface area contributed by atoms with Gasteiger partial charge in [-0.3, -0.25) is 24.0 Å². The number of nitrogen functional groups attached to an aromatic ring is 1. The number of hydrogen-bond acceptors (Lipinski definition) is 7. The molecular formula is C24H33N5O4S. The lowest BCUT2D eigenvalue weighted by Gasteiger charge is -2.28. The fourth-order valence-corrected chi connectivity index (χ4v) is 4.50. The maximum atomic E-state index is 13.6. The number of amides is 1. The van der Waals surface area contributed by atoms with Gasteiger partial charge in [-0.15, -0.1) is 11.3 Å². The van der Waals surface area contributed by atoms with E-state index in [-0.39, 0.29) is 29.9 Å². The molecule has 0 fully saturated rings. The van der Waals surface area contributed by atoms with Gasteiger partial charge >= 0.3 is 5.69 Å². The Hall–Kier alpha value is -3.11. The fraction of sp³-hybridized carbons (Fsp3) is 0.458. The van der Waals surface area contributed by atoms with Crippen LogP contribution in [0.5, 0.6) is 0 Å². The number of carbonyl (C=O) groups excluding carboxylic acids is 1. The van der Waals surface area contributed by atoms with E-state index in [1.807, 2.05) is 55.3 Å². The number of rotatable bonds is 12. The van der Waals surface area contributed by atoms with Gasteiger partial charge in [-0.25, -0.2) is 4.79 Å². The lowest BCUT2D eigenvalue weighted by atomic mass is 10.2. The summed E-state index contributed by atoms with van der Waals surface area (Å²) < 4.78 is 6.84. The number of thiophene rings is 1. The maximum Gasteiger partial charge on any atom is 0.330 e. The van der Waals surface area contributed by atoms with E-state index in [1.54, 1.807) is 17.6 Å². The largest absolute Gasteiger partial charge is 0.468 e. The first-order chi connectivity index (χ1) is 16.3. The number of nitrogens with zero attached hydrogens (tertiary/aromatic N) is 3. The number of aromatic amines is 1. The third kappa shape index (κ3) is 6.48. The van der Waals surface area contributed by atoms with Crippen molar-refractivity contribution in [3.63, 3.8) is 0 Å². The van der Waals surface area contributed by atoms with Crippen LogP contribution in [0.1, 0.15) is 44.3 Å². The van der Waals surface area contributed by atoms with E-state index in [0.29, 0.717) is 32.6 Å². The maximum absolute atomic E-state index is 13.6. The number of H-pyrrole nitrogens is 1. The molecule has 0 aromatic carbocycles. The fourth-order valence-electron chi connectivity index (χ4n) is 3.75. The smallest absolute Gasteiger partial charge is 0.330 e. The second-order valence-electron chi connectivity index (χ2n) is 8.70. The van der Waals surface area contributed by atoms with Crippen LogP contribution in [0, 0.1) is 5.92 Å². The third-order valence-electron chi connectivity index (χ3n) is 5.35. The summed E-state index contributed by atoms with van der Waals surface area (Å²) in [6.07, 6.45) is 3.13. The molecule has 3 aromatic rings. The first-order valence-corrected chi connectivity index (χ1v) is 12.4. The van der Waals surface area contributed by atoms with Crippen LogP contribution in [-0.4, -0.2) is 33.4 Å². The van der Waals surface area contributed by atoms with E-state index < -0.39 is 11.2 Å². The van der Waals surface area contributed by atoms with Gasteiger partial charge in [0.05, 0.1) is 19.4 Å². The molecule has 0 bridgehead atoms. The Bertz CT molecular complexity index is 1130. The number of nitrogens with two attached hydrogens (primary N) is 1. The van der Waals surface area contributed by atoms with Gasteiger partial charge in [0.15, 0.2) is 5.69 Å². The zero-order chi connectivity index (χ0) is 24.7. The molecule has 0 aliphatic carbocycles. The summed E-state index contributed by atoms with van der Waals surface area (Å²) in [5.74, 6) is 0.631. The number of furan rings is 1. The summed E-state index contributed by atoms with van der Waals surface area (Å²) in [5, 5.41) is 1.99. The lowest BCUT2D eigenvalue weighted by Crippen LogP contribution is -2.45. The Morgan fingerprint density at radius 2 is 2.03 bits per heavy atom. The van der Waals surface area contributed by atoms with Gasteiger partial charge in [-0.05, 0) is 35.9 Å². The Morgan fingerprint density at radius 3 is 2.65 bits per heavy atom. The minimum Gasteiger partial charge on any atom is -0.468 e. The monoisotopic (exact) mass is 487 g/mol. The van der Waals surface area contributed by atoms with Gasteiger partial charge in [0.1, 0.15) is 11.6 Å². The Labute approximate surface area is 202 Å². The third-order valence-corrected chi connectivity index (χ3v) is 6.21. The highest BCUT2D eigenvalue weighted by molar-refractivity contribution is 7.09. The average molecular weight is 488 g/mol. The minimum absolute atomic E-state index is 0.0164. The van der Waals surface area contributed by atoms with Crippen LogP contribution in [0.4, 0.5) is 11.5 Å². The molecule has 0 spiro atoms. The second-order valence-corrected chi connectivity index (χ2v) is 9.73. The summed E-state index contributed by atoms with van der Waals surface area (Å²) in [5.41, 5.74) is 5.13. The van der Waals surface area contributed by atoms with Gasteiger partial charge < -0.3 is 15.1 Å². The number of anilines is 2. The van der Waals surface area contributed by atoms with Crippen LogP contribution >= 0.6 is 11.3 Å². The quantitative estimate of drug-likeness (QED) is 0.405. The number of nitrogens with one attached hydrogen (secondary N) is 1. The second kappa shape index (κ2) is 11.8. The Balaban J connectivity index is 1.94. The van der Waals surface area contributed by atoms with Gasteiger partial charge in [0.2, 0.25) is 5.91 Å². The van der Waals surface area contributed by atoms with Crippen molar-refractivity contribution < 1.29 is 9.21 Å². The van der Waals surface area contributed by atoms with Crippen LogP contribution < -0.4 is 21.9 Å². The van der Waals surface area contributed by atoms with Crippen molar-refractivity contribution in [3.05, 3.63) is 67.4 Å². The minimum atomic E-state index is -0.650. The van der Waals surface area contributed by atoms with E-state index in [4.69, 9.17) is 10.2 Å². The molecule has 0 unspecified atom stereocenters. The highest BCUT2D eigenvalue weighted by atomic mass is 32.1. The normalized spacial score (nSPS) is 11.4. The summed E-state index contributed by atoms with van der Waals surface area (Å²) in [6, 6.07) is 7.67. The molecule has 184 valence electrons. The molecule has 0 aliphatic rings. The summed E-state index contributed by atoms with van der Waals surface area (Å²) in [4.78, 5) is 45.7. The van der Waals surface area contributed by atoms with Crippen molar-refractivity contribution in [3.8, 4) is 0 Å². The zero-order valence-electron chi connectivity index (χ0n) is 20.0. The predicted octanol–water partition coefficient (Wildman–Crippen LogP) is 3.26. The van der Waals surface area contributed by atoms with E-state index in [0.717, 1.165) is 17.1 Å². The molecule has 3 N–H and O–H groups in total. The summed E-state index contributed by atoms with van der Waals surface area (Å²) >= 11 is 1.61. The van der Waals surface area contributed by atoms with Gasteiger partial charge in [0.25, 0.3) is 5.56 Å². The molecule has 0 aliphatic heterocycles. The van der Waals surface area contributed by atoms with Crippen LogP contribution in [0.15, 0.2) is 49.9 Å². The molecule has 0 atom stereocenters. The number of hydrogen-bond donors (Lipinski definition) is 2. The Morgan fingerprint density at radius 1 is 1.24 bits per heavy atom. The van der Waals surface area contributed by atoms with Crippen LogP contribution in [0.2, 0.25) is 0 Å². The Kier molecular flexibility index (Phi) is 8.89. The van der Waals surface area contributed by atoms with Crippen LogP contribution in [0.25, 0.3) is 0 Å². The van der Waals surface area contributed by atoms with Crippen molar-refractivity contribution in [1.82, 2.24) is 14.5 Å². The van der Waals surface area contributed by atoms with Gasteiger partial charge in [-0.2, -0.15) is 0 Å². The molecule has 3 rings (SSSR count). The van der Waals surface area contributed by atoms with E-state index >= 15 is 0 Å². The van der Waals surface area contributed by atoms with E-state index in [1.165, 1.54) is 9.47 Å². The van der Waals surface area contributed by atoms with Crippen molar-refractivity contribution in [2.45, 2.75) is 53.2 Å². The van der Waals surface area contributed by atoms with Crippen molar-refractivity contribution in [2.75, 3.05) is 23.7 Å². The van der Waals surface area contributed by atoms with E-state index in [9.17, 15) is 14.4 Å². The lowest BCUT2D eigenvalue weighted by molar-refractivity contribution is -0.120. The SMILES string of the molecule is CCCCN(C(=O)CN(Cc1ccco1)Cc1cccs1)c1c(N)n(CC(C)C)c(=O)[nH]c1=O. The summed E-state index contributed by atoms with van der Waals surface area (Å²) in [7, 11) is 0. The van der Waals surface area contributed by atoms with E-state index in [2.05, 4.69) is 4.98 Å². The average Bonchev–Trinajstić information content (AvgIpc) is 3.47. The zero-order valence-corrected chi connectivity index (χ0v) is 20.8. The van der Waals surface area contributed by atoms with Gasteiger partial charge in [-0.1, -0.05) is 33.3 Å². The molecule has 0 saturated carbocycles. The standard InChI is InChI=1S/C24H33N5O4S/c1-4-5-10-28(21-22(25)29(13-17(2)3)24(32)26-23(21)31)20(30)16-27(14-18-8-6-11-33-18)15-19-9-7-12-34-19/h6-9,11-12,17H,4-5,10,13-16,25H2,1-3H3,(H,26,31,32). The van der Waals surface area contributed by atoms with Crippen molar-refractivity contribution in [1.29, 1.82) is 0 Å². The topological polar surface area (TPSA) is 118 Å². The highest BCUT2D eigenvalue weighted by Crippen LogP contribution is 2.20. The van der Waals surface area contributed by atoms with Crippen LogP contribution in [0.3, 0.4) is 0 Å². The molecule has 0 radical (unpaired) electrons. The predicted molar refractivity (Wildman–Crippen MR) is 135 cm³/mol. The molecule has 10 heteroatoms. The number of unbranched alkanes of at least 4 members (excludes halogenated alkanes) is 1. The first-order valence-electron chi connectivity index (χ1n) is 11.5. The molecule has 9 nitrogen and oxygen atoms in total. The molecule has 1 amide bonds. The molecule has 34 heavy (non-hydrogen) atoms. The summed E-state index contributed by atoms with van der Waals surface area (Å²) in [6.45, 7) is 7.65.